The van der Waals surface area contributed by atoms with Crippen molar-refractivity contribution in [1.82, 2.24) is 4.98 Å². The van der Waals surface area contributed by atoms with Crippen molar-refractivity contribution < 1.29 is 0 Å². The highest BCUT2D eigenvalue weighted by Gasteiger charge is 1.97. The van der Waals surface area contributed by atoms with Gasteiger partial charge in [0.15, 0.2) is 0 Å². The molecule has 2 aromatic rings. The first-order chi connectivity index (χ1) is 8.81. The molecule has 0 aliphatic rings. The van der Waals surface area contributed by atoms with Crippen LogP contribution >= 0.6 is 0 Å². The third-order valence-corrected chi connectivity index (χ3v) is 2.46. The summed E-state index contributed by atoms with van der Waals surface area (Å²) < 4.78 is 0. The Balaban J connectivity index is 2.04. The summed E-state index contributed by atoms with van der Waals surface area (Å²) in [4.78, 5) is 4.02. The van der Waals surface area contributed by atoms with Crippen molar-refractivity contribution >= 4 is 11.5 Å². The maximum atomic E-state index is 8.81. The highest BCUT2D eigenvalue weighted by molar-refractivity contribution is 5.51. The molecule has 0 aliphatic heterocycles. The van der Waals surface area contributed by atoms with Crippen LogP contribution in [-0.4, -0.2) is 4.98 Å². The van der Waals surface area contributed by atoms with E-state index in [-0.39, 0.29) is 0 Å². The van der Waals surface area contributed by atoms with Crippen LogP contribution in [0.3, 0.4) is 0 Å². The van der Waals surface area contributed by atoms with Crippen LogP contribution in [0.1, 0.15) is 11.1 Å². The van der Waals surface area contributed by atoms with Crippen molar-refractivity contribution in [2.45, 2.75) is 6.54 Å². The fourth-order valence-corrected chi connectivity index (χ4v) is 1.57. The van der Waals surface area contributed by atoms with E-state index in [4.69, 9.17) is 11.1 Å². The lowest BCUT2D eigenvalue weighted by atomic mass is 10.1. The zero-order valence-electron chi connectivity index (χ0n) is 9.72. The van der Waals surface area contributed by atoms with Gasteiger partial charge in [-0.1, -0.05) is 12.1 Å². The summed E-state index contributed by atoms with van der Waals surface area (Å²) in [7, 11) is 0. The van der Waals surface area contributed by atoms with Gasteiger partial charge in [0.1, 0.15) is 5.82 Å². The number of hydrogen-bond donors (Lipinski definition) is 3. The molecule has 0 amide bonds. The predicted molar refractivity (Wildman–Crippen MR) is 70.5 cm³/mol. The molecule has 0 saturated heterocycles. The van der Waals surface area contributed by atoms with Crippen LogP contribution in [0.25, 0.3) is 0 Å². The van der Waals surface area contributed by atoms with Crippen molar-refractivity contribution in [1.29, 1.82) is 5.26 Å². The third-order valence-electron chi connectivity index (χ3n) is 2.46. The zero-order valence-corrected chi connectivity index (χ0v) is 9.72. The Bertz CT molecular complexity index is 574. The van der Waals surface area contributed by atoms with Crippen LogP contribution in [0.2, 0.25) is 0 Å². The van der Waals surface area contributed by atoms with Gasteiger partial charge in [0.05, 0.1) is 11.6 Å². The number of aromatic nitrogens is 1. The van der Waals surface area contributed by atoms with E-state index in [0.29, 0.717) is 17.9 Å². The number of rotatable bonds is 4. The van der Waals surface area contributed by atoms with E-state index in [0.717, 1.165) is 11.3 Å². The fraction of sp³-hybridized carbons (Fsp3) is 0.0769. The van der Waals surface area contributed by atoms with Crippen molar-refractivity contribution in [2.75, 3.05) is 10.7 Å². The molecule has 0 aliphatic carbocycles. The quantitative estimate of drug-likeness (QED) is 0.560. The minimum atomic E-state index is 0.603. The summed E-state index contributed by atoms with van der Waals surface area (Å²) in [5.74, 6) is 5.89. The van der Waals surface area contributed by atoms with E-state index < -0.39 is 0 Å². The molecule has 1 aromatic heterocycles. The van der Waals surface area contributed by atoms with Crippen LogP contribution in [0.15, 0.2) is 42.6 Å². The first-order valence-electron chi connectivity index (χ1n) is 5.47. The Hall–Kier alpha value is -2.58. The number of hydrogen-bond acceptors (Lipinski definition) is 5. The molecule has 0 spiro atoms. The van der Waals surface area contributed by atoms with E-state index in [1.807, 2.05) is 30.3 Å². The minimum Gasteiger partial charge on any atom is -0.381 e. The van der Waals surface area contributed by atoms with Crippen molar-refractivity contribution in [3.8, 4) is 6.07 Å². The van der Waals surface area contributed by atoms with Crippen LogP contribution in [-0.2, 0) is 6.54 Å². The van der Waals surface area contributed by atoms with E-state index in [1.54, 1.807) is 12.3 Å². The Morgan fingerprint density at radius 1 is 1.28 bits per heavy atom. The van der Waals surface area contributed by atoms with E-state index in [9.17, 15) is 0 Å². The Labute approximate surface area is 105 Å². The lowest BCUT2D eigenvalue weighted by Crippen LogP contribution is -2.09. The summed E-state index contributed by atoms with van der Waals surface area (Å²) in [6.45, 7) is 0.642. The summed E-state index contributed by atoms with van der Waals surface area (Å²) in [5.41, 5.74) is 5.12. The summed E-state index contributed by atoms with van der Waals surface area (Å²) in [6, 6.07) is 13.3. The van der Waals surface area contributed by atoms with Gasteiger partial charge in [-0.25, -0.2) is 10.8 Å². The number of benzene rings is 1. The second kappa shape index (κ2) is 5.66. The number of nitrogens with two attached hydrogens (primary N) is 1. The van der Waals surface area contributed by atoms with E-state index in [2.05, 4.69) is 21.8 Å². The van der Waals surface area contributed by atoms with Gasteiger partial charge in [-0.3, -0.25) is 0 Å². The van der Waals surface area contributed by atoms with Gasteiger partial charge >= 0.3 is 0 Å². The van der Waals surface area contributed by atoms with Gasteiger partial charge in [0.25, 0.3) is 0 Å². The molecule has 18 heavy (non-hydrogen) atoms. The average Bonchev–Trinajstić information content (AvgIpc) is 2.45. The Morgan fingerprint density at radius 3 is 2.94 bits per heavy atom. The first kappa shape index (κ1) is 11.9. The number of pyridine rings is 1. The van der Waals surface area contributed by atoms with Gasteiger partial charge in [-0.05, 0) is 23.8 Å². The van der Waals surface area contributed by atoms with E-state index in [1.165, 1.54) is 0 Å². The highest BCUT2D eigenvalue weighted by Crippen LogP contribution is 2.13. The maximum absolute atomic E-state index is 8.81. The fourth-order valence-electron chi connectivity index (χ4n) is 1.57. The third kappa shape index (κ3) is 2.97. The molecule has 0 radical (unpaired) electrons. The van der Waals surface area contributed by atoms with Crippen LogP contribution in [0, 0.1) is 11.3 Å². The standard InChI is InChI=1S/C13H13N5/c14-8-10-2-1-3-11(6-10)9-17-12-4-5-16-13(7-12)18-15/h1-7H,9,15H2,(H2,16,17,18). The molecule has 4 N–H and O–H groups in total. The maximum Gasteiger partial charge on any atom is 0.141 e. The number of nitrogens with one attached hydrogen (secondary N) is 2. The van der Waals surface area contributed by atoms with Crippen molar-refractivity contribution in [2.24, 2.45) is 5.84 Å². The molecule has 5 heteroatoms. The Kier molecular flexibility index (Phi) is 3.74. The number of nitrogen functional groups attached to an aromatic ring is 1. The molecule has 1 aromatic carbocycles. The lowest BCUT2D eigenvalue weighted by molar-refractivity contribution is 1.13. The van der Waals surface area contributed by atoms with Gasteiger partial charge in [-0.2, -0.15) is 5.26 Å². The van der Waals surface area contributed by atoms with Gasteiger partial charge in [-0.15, -0.1) is 0 Å². The molecule has 0 atom stereocenters. The first-order valence-corrected chi connectivity index (χ1v) is 5.47. The molecule has 0 unspecified atom stereocenters. The monoisotopic (exact) mass is 239 g/mol. The minimum absolute atomic E-state index is 0.603. The number of anilines is 2. The number of hydrazine groups is 1. The zero-order chi connectivity index (χ0) is 12.8. The largest absolute Gasteiger partial charge is 0.381 e. The highest BCUT2D eigenvalue weighted by atomic mass is 15.2. The number of nitriles is 1. The summed E-state index contributed by atoms with van der Waals surface area (Å²) in [5, 5.41) is 12.1. The van der Waals surface area contributed by atoms with Crippen molar-refractivity contribution in [3.05, 3.63) is 53.7 Å². The molecule has 2 rings (SSSR count). The molecular formula is C13H13N5. The second-order valence-electron chi connectivity index (χ2n) is 3.74. The van der Waals surface area contributed by atoms with E-state index >= 15 is 0 Å². The topological polar surface area (TPSA) is 86.8 Å². The lowest BCUT2D eigenvalue weighted by Gasteiger charge is -2.07. The number of nitrogens with zero attached hydrogens (tertiary/aromatic N) is 2. The SMILES string of the molecule is N#Cc1cccc(CNc2ccnc(NN)c2)c1. The summed E-state index contributed by atoms with van der Waals surface area (Å²) in [6.07, 6.45) is 1.67. The van der Waals surface area contributed by atoms with Crippen LogP contribution in [0.4, 0.5) is 11.5 Å². The smallest absolute Gasteiger partial charge is 0.141 e. The molecular weight excluding hydrogens is 226 g/mol. The molecule has 1 heterocycles. The van der Waals surface area contributed by atoms with Gasteiger partial charge < -0.3 is 10.7 Å². The van der Waals surface area contributed by atoms with Crippen LogP contribution < -0.4 is 16.6 Å². The molecule has 0 fully saturated rings. The Morgan fingerprint density at radius 2 is 2.17 bits per heavy atom. The molecule has 5 nitrogen and oxygen atoms in total. The molecule has 0 bridgehead atoms. The van der Waals surface area contributed by atoms with Gasteiger partial charge in [0.2, 0.25) is 0 Å². The normalized spacial score (nSPS) is 9.56. The van der Waals surface area contributed by atoms with Crippen LogP contribution in [0.5, 0.6) is 0 Å². The predicted octanol–water partition coefficient (Wildman–Crippen LogP) is 1.85. The molecule has 90 valence electrons. The summed E-state index contributed by atoms with van der Waals surface area (Å²) >= 11 is 0. The average molecular weight is 239 g/mol. The van der Waals surface area contributed by atoms with Gasteiger partial charge in [0, 0.05) is 24.5 Å². The van der Waals surface area contributed by atoms with Crippen molar-refractivity contribution in [3.63, 3.8) is 0 Å². The molecule has 0 saturated carbocycles. The second-order valence-corrected chi connectivity index (χ2v) is 3.74.